The summed E-state index contributed by atoms with van der Waals surface area (Å²) in [6.07, 6.45) is 0. The topological polar surface area (TPSA) is 75.0 Å². The fourth-order valence-electron chi connectivity index (χ4n) is 2.64. The van der Waals surface area contributed by atoms with Gasteiger partial charge in [0, 0.05) is 5.56 Å². The molecular weight excluding hydrogens is 307 g/mol. The molecule has 0 radical (unpaired) electrons. The van der Waals surface area contributed by atoms with Crippen LogP contribution >= 0.6 is 7.82 Å². The van der Waals surface area contributed by atoms with Crippen LogP contribution in [0.1, 0.15) is 0 Å². The van der Waals surface area contributed by atoms with Gasteiger partial charge in [0.05, 0.1) is 0 Å². The molecule has 1 aromatic heterocycles. The molecule has 0 saturated heterocycles. The zero-order valence-corrected chi connectivity index (χ0v) is 11.8. The molecule has 5 rings (SSSR count). The second kappa shape index (κ2) is 3.72. The second-order valence-corrected chi connectivity index (χ2v) is 6.38. The SMILES string of the molecule is O=c1c2c(-c3ccccc3)oc3ccc4c(c13)OP(=O)(O4)O2. The first kappa shape index (κ1) is 11.9. The van der Waals surface area contributed by atoms with Gasteiger partial charge >= 0.3 is 7.82 Å². The van der Waals surface area contributed by atoms with Gasteiger partial charge in [-0.3, -0.25) is 4.79 Å². The number of benzene rings is 2. The van der Waals surface area contributed by atoms with E-state index in [2.05, 4.69) is 0 Å². The number of phosphoric acid groups is 1. The van der Waals surface area contributed by atoms with Crippen LogP contribution in [0.25, 0.3) is 22.3 Å². The maximum atomic E-state index is 12.7. The Hall–Kier alpha value is -2.72. The fraction of sp³-hybridized carbons (Fsp3) is 0. The third-order valence-electron chi connectivity index (χ3n) is 3.59. The highest BCUT2D eigenvalue weighted by molar-refractivity contribution is 7.50. The second-order valence-electron chi connectivity index (χ2n) is 4.94. The molecule has 6 nitrogen and oxygen atoms in total. The summed E-state index contributed by atoms with van der Waals surface area (Å²) in [5.74, 6) is 0.389. The van der Waals surface area contributed by atoms with E-state index in [9.17, 15) is 9.36 Å². The quantitative estimate of drug-likeness (QED) is 0.637. The van der Waals surface area contributed by atoms with E-state index in [1.165, 1.54) is 0 Å². The zero-order valence-electron chi connectivity index (χ0n) is 10.9. The molecule has 2 aliphatic rings. The molecule has 2 aromatic carbocycles. The lowest BCUT2D eigenvalue weighted by molar-refractivity contribution is 0.330. The Morgan fingerprint density at radius 3 is 2.45 bits per heavy atom. The first-order valence-electron chi connectivity index (χ1n) is 6.53. The van der Waals surface area contributed by atoms with Crippen LogP contribution in [0.5, 0.6) is 17.2 Å². The molecule has 108 valence electrons. The van der Waals surface area contributed by atoms with Crippen LogP contribution in [-0.4, -0.2) is 0 Å². The molecule has 1 atom stereocenters. The highest BCUT2D eigenvalue weighted by atomic mass is 31.2. The number of phosphoric ester groups is 1. The van der Waals surface area contributed by atoms with E-state index in [-0.39, 0.29) is 28.4 Å². The number of rotatable bonds is 1. The zero-order chi connectivity index (χ0) is 14.9. The lowest BCUT2D eigenvalue weighted by Crippen LogP contribution is -2.09. The average Bonchev–Trinajstić information content (AvgIpc) is 2.83. The maximum absolute atomic E-state index is 12.7. The first-order chi connectivity index (χ1) is 10.6. The van der Waals surface area contributed by atoms with Gasteiger partial charge in [-0.15, -0.1) is 0 Å². The smallest absolute Gasteiger partial charge is 0.452 e. The largest absolute Gasteiger partial charge is 0.647 e. The van der Waals surface area contributed by atoms with Crippen LogP contribution in [0.4, 0.5) is 0 Å². The predicted octanol–water partition coefficient (Wildman–Crippen LogP) is 3.73. The van der Waals surface area contributed by atoms with Crippen molar-refractivity contribution in [2.75, 3.05) is 0 Å². The highest BCUT2D eigenvalue weighted by Crippen LogP contribution is 2.62. The molecule has 0 N–H and O–H groups in total. The molecule has 0 fully saturated rings. The van der Waals surface area contributed by atoms with E-state index in [1.54, 1.807) is 36.4 Å². The van der Waals surface area contributed by atoms with E-state index in [4.69, 9.17) is 18.0 Å². The molecule has 7 heteroatoms. The Balaban J connectivity index is 1.97. The van der Waals surface area contributed by atoms with Crippen LogP contribution < -0.4 is 19.0 Å². The summed E-state index contributed by atoms with van der Waals surface area (Å²) in [7, 11) is -3.89. The van der Waals surface area contributed by atoms with Crippen molar-refractivity contribution in [3.05, 3.63) is 52.7 Å². The van der Waals surface area contributed by atoms with Crippen molar-refractivity contribution in [1.29, 1.82) is 0 Å². The molecule has 1 unspecified atom stereocenters. The van der Waals surface area contributed by atoms with Gasteiger partial charge in [-0.2, -0.15) is 4.57 Å². The number of fused-ring (bicyclic) bond motifs is 2. The summed E-state index contributed by atoms with van der Waals surface area (Å²) in [4.78, 5) is 12.7. The van der Waals surface area contributed by atoms with E-state index < -0.39 is 13.3 Å². The Morgan fingerprint density at radius 1 is 0.864 bits per heavy atom. The highest BCUT2D eigenvalue weighted by Gasteiger charge is 2.47. The summed E-state index contributed by atoms with van der Waals surface area (Å²) >= 11 is 0. The van der Waals surface area contributed by atoms with E-state index in [0.29, 0.717) is 11.1 Å². The van der Waals surface area contributed by atoms with Crippen molar-refractivity contribution in [1.82, 2.24) is 0 Å². The van der Waals surface area contributed by atoms with Crippen molar-refractivity contribution in [3.63, 3.8) is 0 Å². The molecule has 0 amide bonds. The summed E-state index contributed by atoms with van der Waals surface area (Å²) < 4.78 is 34.1. The minimum atomic E-state index is -3.89. The number of hydrogen-bond donors (Lipinski definition) is 0. The molecule has 2 aliphatic heterocycles. The summed E-state index contributed by atoms with van der Waals surface area (Å²) in [5, 5.41) is 0.183. The van der Waals surface area contributed by atoms with Crippen molar-refractivity contribution >= 4 is 18.8 Å². The first-order valence-corrected chi connectivity index (χ1v) is 7.99. The lowest BCUT2D eigenvalue weighted by atomic mass is 10.1. The predicted molar refractivity (Wildman–Crippen MR) is 77.4 cm³/mol. The van der Waals surface area contributed by atoms with E-state index >= 15 is 0 Å². The normalized spacial score (nSPS) is 20.5. The third-order valence-corrected chi connectivity index (χ3v) is 4.82. The summed E-state index contributed by atoms with van der Waals surface area (Å²) in [6.45, 7) is 0. The summed E-state index contributed by atoms with van der Waals surface area (Å²) in [6, 6.07) is 12.1. The molecule has 3 aromatic rings. The standard InChI is InChI=1S/C15H7O6P/c16-12-11-9-6-7-10-14(11)20-22(17,19-10)21-15(12)13(18-9)8-4-2-1-3-5-8/h1-7H. The fourth-order valence-corrected chi connectivity index (χ4v) is 3.93. The van der Waals surface area contributed by atoms with Gasteiger partial charge in [-0.25, -0.2) is 0 Å². The van der Waals surface area contributed by atoms with Crippen LogP contribution in [0.3, 0.4) is 0 Å². The van der Waals surface area contributed by atoms with Crippen LogP contribution in [0.2, 0.25) is 0 Å². The van der Waals surface area contributed by atoms with Crippen molar-refractivity contribution in [3.8, 4) is 28.6 Å². The third kappa shape index (κ3) is 1.40. The Morgan fingerprint density at radius 2 is 1.64 bits per heavy atom. The molecule has 0 aliphatic carbocycles. The molecule has 3 heterocycles. The Bertz CT molecular complexity index is 1050. The maximum Gasteiger partial charge on any atom is 0.647 e. The molecule has 0 saturated carbocycles. The summed E-state index contributed by atoms with van der Waals surface area (Å²) in [5.41, 5.74) is 0.544. The minimum Gasteiger partial charge on any atom is -0.452 e. The van der Waals surface area contributed by atoms with Gasteiger partial charge in [0.2, 0.25) is 11.2 Å². The van der Waals surface area contributed by atoms with Gasteiger partial charge in [0.25, 0.3) is 0 Å². The monoisotopic (exact) mass is 314 g/mol. The van der Waals surface area contributed by atoms with Gasteiger partial charge in [-0.1, -0.05) is 30.3 Å². The van der Waals surface area contributed by atoms with E-state index in [1.807, 2.05) is 6.07 Å². The van der Waals surface area contributed by atoms with Crippen LogP contribution in [0.15, 0.2) is 51.7 Å². The molecular formula is C15H7O6P. The van der Waals surface area contributed by atoms with Crippen LogP contribution in [-0.2, 0) is 4.57 Å². The van der Waals surface area contributed by atoms with Gasteiger partial charge < -0.3 is 18.0 Å². The van der Waals surface area contributed by atoms with Crippen LogP contribution in [0, 0.1) is 0 Å². The lowest BCUT2D eigenvalue weighted by Gasteiger charge is -2.13. The van der Waals surface area contributed by atoms with Gasteiger partial charge in [0.1, 0.15) is 11.0 Å². The van der Waals surface area contributed by atoms with Crippen molar-refractivity contribution in [2.45, 2.75) is 0 Å². The number of hydrogen-bond acceptors (Lipinski definition) is 6. The van der Waals surface area contributed by atoms with Gasteiger partial charge in [0.15, 0.2) is 17.3 Å². The molecule has 22 heavy (non-hydrogen) atoms. The Kier molecular flexibility index (Phi) is 2.01. The molecule has 4 bridgehead atoms. The van der Waals surface area contributed by atoms with Gasteiger partial charge in [-0.05, 0) is 12.1 Å². The average molecular weight is 314 g/mol. The minimum absolute atomic E-state index is 0.118. The van der Waals surface area contributed by atoms with Crippen molar-refractivity contribution in [2.24, 2.45) is 0 Å². The molecule has 0 spiro atoms. The van der Waals surface area contributed by atoms with E-state index in [0.717, 1.165) is 0 Å². The Labute approximate surface area is 123 Å². The van der Waals surface area contributed by atoms with Crippen molar-refractivity contribution < 1.29 is 22.6 Å².